The Labute approximate surface area is 164 Å². The van der Waals surface area contributed by atoms with Crippen LogP contribution >= 0.6 is 11.6 Å². The Balaban J connectivity index is 1.49. The third-order valence-electron chi connectivity index (χ3n) is 6.25. The second-order valence-electron chi connectivity index (χ2n) is 8.09. The van der Waals surface area contributed by atoms with Gasteiger partial charge < -0.3 is 10.3 Å². The van der Waals surface area contributed by atoms with Crippen molar-refractivity contribution in [1.82, 2.24) is 25.1 Å². The summed E-state index contributed by atoms with van der Waals surface area (Å²) in [6, 6.07) is 2.26. The minimum atomic E-state index is 0.567. The van der Waals surface area contributed by atoms with E-state index in [1.54, 1.807) is 6.20 Å². The Morgan fingerprint density at radius 1 is 1.11 bits per heavy atom. The van der Waals surface area contributed by atoms with Crippen LogP contribution in [0, 0.1) is 5.92 Å². The Morgan fingerprint density at radius 3 is 2.74 bits per heavy atom. The van der Waals surface area contributed by atoms with E-state index in [-0.39, 0.29) is 0 Å². The van der Waals surface area contributed by atoms with E-state index in [2.05, 4.69) is 37.3 Å². The monoisotopic (exact) mass is 383 g/mol. The molecule has 0 atom stereocenters. The number of halogens is 1. The number of nitrogens with one attached hydrogen (secondary N) is 2. The number of nitrogens with zero attached hydrogens (tertiary/aromatic N) is 3. The molecule has 0 bridgehead atoms. The topological polar surface area (TPSA) is 58.5 Å². The van der Waals surface area contributed by atoms with Gasteiger partial charge in [0.15, 0.2) is 0 Å². The Morgan fingerprint density at radius 2 is 1.93 bits per heavy atom. The average molecular weight is 384 g/mol. The van der Waals surface area contributed by atoms with Crippen LogP contribution < -0.4 is 5.32 Å². The smallest absolute Gasteiger partial charge is 0.138 e. The van der Waals surface area contributed by atoms with Crippen molar-refractivity contribution >= 4 is 22.6 Å². The lowest BCUT2D eigenvalue weighted by molar-refractivity contribution is 0.429. The van der Waals surface area contributed by atoms with Crippen LogP contribution in [-0.4, -0.2) is 32.8 Å². The molecule has 1 saturated heterocycles. The molecule has 4 heterocycles. The first-order valence-electron chi connectivity index (χ1n) is 10.2. The van der Waals surface area contributed by atoms with Gasteiger partial charge in [0.2, 0.25) is 0 Å². The molecule has 0 radical (unpaired) electrons. The number of hydrogen-bond donors (Lipinski definition) is 2. The van der Waals surface area contributed by atoms with Crippen LogP contribution in [0.5, 0.6) is 0 Å². The van der Waals surface area contributed by atoms with Crippen LogP contribution in [0.4, 0.5) is 0 Å². The summed E-state index contributed by atoms with van der Waals surface area (Å²) >= 11 is 6.59. The van der Waals surface area contributed by atoms with Crippen LogP contribution in [0.25, 0.3) is 22.2 Å². The fraction of sp³-hybridized carbons (Fsp3) is 0.524. The molecule has 2 aliphatic rings. The molecular weight excluding hydrogens is 358 g/mol. The molecule has 1 saturated carbocycles. The summed E-state index contributed by atoms with van der Waals surface area (Å²) in [4.78, 5) is 8.09. The molecule has 0 unspecified atom stereocenters. The van der Waals surface area contributed by atoms with E-state index in [0.717, 1.165) is 60.6 Å². The molecule has 1 aliphatic heterocycles. The second kappa shape index (κ2) is 7.28. The number of aromatic amines is 1. The predicted octanol–water partition coefficient (Wildman–Crippen LogP) is 4.74. The molecule has 0 spiro atoms. The highest BCUT2D eigenvalue weighted by Gasteiger charge is 2.21. The lowest BCUT2D eigenvalue weighted by Gasteiger charge is -2.21. The fourth-order valence-electron chi connectivity index (χ4n) is 4.77. The van der Waals surface area contributed by atoms with Crippen molar-refractivity contribution in [2.45, 2.75) is 51.0 Å². The minimum Gasteiger partial charge on any atom is -0.343 e. The molecule has 0 amide bonds. The lowest BCUT2D eigenvalue weighted by Crippen LogP contribution is -2.26. The third kappa shape index (κ3) is 3.39. The second-order valence-corrected chi connectivity index (χ2v) is 8.50. The number of pyridine rings is 1. The third-order valence-corrected chi connectivity index (χ3v) is 6.54. The van der Waals surface area contributed by atoms with Gasteiger partial charge in [-0.3, -0.25) is 4.68 Å². The first-order valence-corrected chi connectivity index (χ1v) is 10.6. The maximum Gasteiger partial charge on any atom is 0.138 e. The van der Waals surface area contributed by atoms with Crippen molar-refractivity contribution in [2.75, 3.05) is 13.1 Å². The van der Waals surface area contributed by atoms with Gasteiger partial charge in [-0.1, -0.05) is 24.4 Å². The molecule has 5 nitrogen and oxygen atoms in total. The van der Waals surface area contributed by atoms with Crippen LogP contribution in [-0.2, 0) is 6.54 Å². The van der Waals surface area contributed by atoms with Gasteiger partial charge in [0.25, 0.3) is 0 Å². The maximum absolute atomic E-state index is 6.59. The number of fused-ring (bicyclic) bond motifs is 1. The summed E-state index contributed by atoms with van der Waals surface area (Å²) in [5.74, 6) is 1.33. The Bertz CT molecular complexity index is 931. The van der Waals surface area contributed by atoms with Gasteiger partial charge >= 0.3 is 0 Å². The molecule has 3 aromatic rings. The van der Waals surface area contributed by atoms with Crippen molar-refractivity contribution in [3.05, 3.63) is 35.4 Å². The highest BCUT2D eigenvalue weighted by molar-refractivity contribution is 6.34. The van der Waals surface area contributed by atoms with Gasteiger partial charge in [0.05, 0.1) is 11.2 Å². The quantitative estimate of drug-likeness (QED) is 0.684. The highest BCUT2D eigenvalue weighted by Crippen LogP contribution is 2.37. The van der Waals surface area contributed by atoms with E-state index in [4.69, 9.17) is 11.6 Å². The van der Waals surface area contributed by atoms with Gasteiger partial charge in [-0.25, -0.2) is 4.98 Å². The number of hydrogen-bond acceptors (Lipinski definition) is 3. The molecule has 142 valence electrons. The summed E-state index contributed by atoms with van der Waals surface area (Å²) in [5, 5.41) is 9.86. The Kier molecular flexibility index (Phi) is 4.66. The molecule has 27 heavy (non-hydrogen) atoms. The minimum absolute atomic E-state index is 0.567. The first kappa shape index (κ1) is 17.3. The zero-order chi connectivity index (χ0) is 18.2. The number of aromatic nitrogens is 4. The first-order chi connectivity index (χ1) is 13.3. The van der Waals surface area contributed by atoms with Gasteiger partial charge in [-0.05, 0) is 50.8 Å². The van der Waals surface area contributed by atoms with Crippen molar-refractivity contribution < 1.29 is 0 Å². The fourth-order valence-corrected chi connectivity index (χ4v) is 5.03. The lowest BCUT2D eigenvalue weighted by atomic mass is 9.94. The van der Waals surface area contributed by atoms with Crippen LogP contribution in [0.15, 0.2) is 24.7 Å². The summed E-state index contributed by atoms with van der Waals surface area (Å²) < 4.78 is 2.09. The number of piperidine rings is 1. The molecule has 3 aromatic heterocycles. The molecule has 2 fully saturated rings. The van der Waals surface area contributed by atoms with E-state index in [1.165, 1.54) is 31.4 Å². The maximum atomic E-state index is 6.59. The predicted molar refractivity (Wildman–Crippen MR) is 109 cm³/mol. The molecule has 2 N–H and O–H groups in total. The number of H-pyrrole nitrogens is 1. The number of rotatable bonds is 4. The molecule has 6 heteroatoms. The zero-order valence-corrected chi connectivity index (χ0v) is 16.3. The summed E-state index contributed by atoms with van der Waals surface area (Å²) in [7, 11) is 0. The van der Waals surface area contributed by atoms with E-state index >= 15 is 0 Å². The van der Waals surface area contributed by atoms with E-state index in [1.807, 2.05) is 6.20 Å². The molecule has 5 rings (SSSR count). The molecular formula is C21H26ClN5. The van der Waals surface area contributed by atoms with Crippen LogP contribution in [0.1, 0.15) is 50.1 Å². The SMILES string of the molecule is Clc1cnc2[nH]c(C3CCNCC3)cc2c1-c1cnn(CC2CCCC2)c1. The summed E-state index contributed by atoms with van der Waals surface area (Å²) in [6.45, 7) is 3.17. The van der Waals surface area contributed by atoms with Gasteiger partial charge in [0.1, 0.15) is 5.65 Å². The van der Waals surface area contributed by atoms with Gasteiger partial charge in [0, 0.05) is 47.1 Å². The van der Waals surface area contributed by atoms with E-state index in [0.29, 0.717) is 10.9 Å². The average Bonchev–Trinajstić information content (AvgIpc) is 3.43. The van der Waals surface area contributed by atoms with E-state index in [9.17, 15) is 0 Å². The molecule has 1 aliphatic carbocycles. The Hall–Kier alpha value is -1.85. The summed E-state index contributed by atoms with van der Waals surface area (Å²) in [6.07, 6.45) is 13.6. The van der Waals surface area contributed by atoms with Crippen molar-refractivity contribution in [3.8, 4) is 11.1 Å². The summed E-state index contributed by atoms with van der Waals surface area (Å²) in [5.41, 5.74) is 4.34. The van der Waals surface area contributed by atoms with E-state index < -0.39 is 0 Å². The highest BCUT2D eigenvalue weighted by atomic mass is 35.5. The normalized spacial score (nSPS) is 19.3. The largest absolute Gasteiger partial charge is 0.343 e. The van der Waals surface area contributed by atoms with Crippen LogP contribution in [0.2, 0.25) is 5.02 Å². The van der Waals surface area contributed by atoms with Crippen molar-refractivity contribution in [3.63, 3.8) is 0 Å². The zero-order valence-electron chi connectivity index (χ0n) is 15.5. The van der Waals surface area contributed by atoms with Crippen molar-refractivity contribution in [2.24, 2.45) is 5.92 Å². The van der Waals surface area contributed by atoms with Gasteiger partial charge in [-0.15, -0.1) is 0 Å². The van der Waals surface area contributed by atoms with Crippen LogP contribution in [0.3, 0.4) is 0 Å². The molecule has 0 aromatic carbocycles. The standard InChI is InChI=1S/C21H26ClN5/c22-18-11-24-21-17(9-19(26-21)15-5-7-23-8-6-15)20(18)16-10-25-27(13-16)12-14-3-1-2-4-14/h9-11,13-15,23H,1-8,12H2,(H,24,26). The van der Waals surface area contributed by atoms with Gasteiger partial charge in [-0.2, -0.15) is 5.10 Å². The van der Waals surface area contributed by atoms with Crippen molar-refractivity contribution in [1.29, 1.82) is 0 Å².